The van der Waals surface area contributed by atoms with Gasteiger partial charge in [0.15, 0.2) is 0 Å². The van der Waals surface area contributed by atoms with E-state index in [0.717, 1.165) is 25.9 Å². The third-order valence-corrected chi connectivity index (χ3v) is 4.56. The molecule has 0 amide bonds. The van der Waals surface area contributed by atoms with Gasteiger partial charge in [0.2, 0.25) is 0 Å². The molecule has 0 aliphatic heterocycles. The number of nitrogens with two attached hydrogens (primary N) is 1. The molecule has 1 atom stereocenters. The van der Waals surface area contributed by atoms with Gasteiger partial charge in [0.25, 0.3) is 0 Å². The molecular weight excluding hydrogens is 248 g/mol. The van der Waals surface area contributed by atoms with Crippen LogP contribution in [0.25, 0.3) is 0 Å². The Morgan fingerprint density at radius 2 is 1.45 bits per heavy atom. The zero-order valence-electron chi connectivity index (χ0n) is 14.3. The van der Waals surface area contributed by atoms with Gasteiger partial charge < -0.3 is 4.74 Å². The van der Waals surface area contributed by atoms with Gasteiger partial charge in [-0.3, -0.25) is 11.3 Å². The SMILES string of the molecule is CCCCCCCCCC(NN)C(CC)(CC)OCC. The van der Waals surface area contributed by atoms with Gasteiger partial charge in [-0.05, 0) is 26.2 Å². The molecule has 3 nitrogen and oxygen atoms in total. The maximum atomic E-state index is 6.05. The van der Waals surface area contributed by atoms with Crippen molar-refractivity contribution in [2.24, 2.45) is 5.84 Å². The predicted octanol–water partition coefficient (Wildman–Crippen LogP) is 4.55. The van der Waals surface area contributed by atoms with Crippen molar-refractivity contribution in [2.45, 2.75) is 104 Å². The summed E-state index contributed by atoms with van der Waals surface area (Å²) in [5, 5.41) is 0. The summed E-state index contributed by atoms with van der Waals surface area (Å²) in [4.78, 5) is 0. The largest absolute Gasteiger partial charge is 0.374 e. The topological polar surface area (TPSA) is 47.3 Å². The molecule has 20 heavy (non-hydrogen) atoms. The quantitative estimate of drug-likeness (QED) is 0.280. The van der Waals surface area contributed by atoms with E-state index in [4.69, 9.17) is 10.6 Å². The minimum atomic E-state index is -0.0916. The number of ether oxygens (including phenoxy) is 1. The van der Waals surface area contributed by atoms with Gasteiger partial charge in [0.05, 0.1) is 11.6 Å². The van der Waals surface area contributed by atoms with Crippen molar-refractivity contribution >= 4 is 0 Å². The first-order chi connectivity index (χ1) is 9.70. The van der Waals surface area contributed by atoms with Crippen molar-refractivity contribution in [3.05, 3.63) is 0 Å². The first kappa shape index (κ1) is 19.9. The fourth-order valence-electron chi connectivity index (χ4n) is 3.14. The molecule has 0 bridgehead atoms. The van der Waals surface area contributed by atoms with E-state index in [-0.39, 0.29) is 11.6 Å². The summed E-state index contributed by atoms with van der Waals surface area (Å²) >= 11 is 0. The number of rotatable bonds is 14. The first-order valence-corrected chi connectivity index (χ1v) is 8.80. The van der Waals surface area contributed by atoms with Gasteiger partial charge in [-0.25, -0.2) is 0 Å². The van der Waals surface area contributed by atoms with E-state index < -0.39 is 0 Å². The van der Waals surface area contributed by atoms with Gasteiger partial charge in [0.1, 0.15) is 0 Å². The number of nitrogens with one attached hydrogen (secondary N) is 1. The maximum absolute atomic E-state index is 6.05. The lowest BCUT2D eigenvalue weighted by Crippen LogP contribution is -2.54. The molecule has 0 aromatic carbocycles. The van der Waals surface area contributed by atoms with E-state index in [9.17, 15) is 0 Å². The average Bonchev–Trinajstić information content (AvgIpc) is 2.48. The number of unbranched alkanes of at least 4 members (excludes halogenated alkanes) is 6. The summed E-state index contributed by atoms with van der Waals surface area (Å²) in [6, 6.07) is 0.271. The Hall–Kier alpha value is -0.120. The van der Waals surface area contributed by atoms with Gasteiger partial charge in [-0.15, -0.1) is 0 Å². The highest BCUT2D eigenvalue weighted by Crippen LogP contribution is 2.28. The van der Waals surface area contributed by atoms with Crippen molar-refractivity contribution in [3.63, 3.8) is 0 Å². The van der Waals surface area contributed by atoms with Crippen LogP contribution in [-0.4, -0.2) is 18.2 Å². The fraction of sp³-hybridized carbons (Fsp3) is 1.00. The molecule has 122 valence electrons. The summed E-state index contributed by atoms with van der Waals surface area (Å²) in [6.07, 6.45) is 12.5. The summed E-state index contributed by atoms with van der Waals surface area (Å²) in [5.74, 6) is 5.79. The molecule has 0 fully saturated rings. The van der Waals surface area contributed by atoms with Crippen LogP contribution < -0.4 is 11.3 Å². The molecule has 0 aromatic heterocycles. The molecule has 0 saturated heterocycles. The molecule has 0 aromatic rings. The summed E-state index contributed by atoms with van der Waals surface area (Å²) in [7, 11) is 0. The second-order valence-electron chi connectivity index (χ2n) is 5.83. The van der Waals surface area contributed by atoms with Gasteiger partial charge >= 0.3 is 0 Å². The maximum Gasteiger partial charge on any atom is 0.0842 e. The second-order valence-corrected chi connectivity index (χ2v) is 5.83. The molecule has 0 aliphatic rings. The third kappa shape index (κ3) is 7.05. The molecule has 0 radical (unpaired) electrons. The van der Waals surface area contributed by atoms with Crippen LogP contribution in [0.3, 0.4) is 0 Å². The molecule has 1 unspecified atom stereocenters. The Balaban J connectivity index is 4.05. The number of hydrazine groups is 1. The van der Waals surface area contributed by atoms with E-state index in [0.29, 0.717) is 0 Å². The molecule has 3 N–H and O–H groups in total. The Morgan fingerprint density at radius 1 is 0.900 bits per heavy atom. The van der Waals surface area contributed by atoms with Crippen LogP contribution in [0.2, 0.25) is 0 Å². The van der Waals surface area contributed by atoms with Crippen molar-refractivity contribution in [1.29, 1.82) is 0 Å². The molecule has 0 rings (SSSR count). The number of hydrogen-bond acceptors (Lipinski definition) is 3. The summed E-state index contributed by atoms with van der Waals surface area (Å²) < 4.78 is 6.05. The summed E-state index contributed by atoms with van der Waals surface area (Å²) in [6.45, 7) is 9.50. The van der Waals surface area contributed by atoms with Crippen LogP contribution in [0.4, 0.5) is 0 Å². The van der Waals surface area contributed by atoms with E-state index in [1.54, 1.807) is 0 Å². The number of hydrogen-bond donors (Lipinski definition) is 2. The lowest BCUT2D eigenvalue weighted by molar-refractivity contribution is -0.0742. The molecule has 0 saturated carbocycles. The highest BCUT2D eigenvalue weighted by molar-refractivity contribution is 4.90. The van der Waals surface area contributed by atoms with E-state index >= 15 is 0 Å². The van der Waals surface area contributed by atoms with Crippen molar-refractivity contribution in [1.82, 2.24) is 5.43 Å². The third-order valence-electron chi connectivity index (χ3n) is 4.56. The molecular formula is C17H38N2O. The molecule has 0 heterocycles. The van der Waals surface area contributed by atoms with Crippen LogP contribution in [0, 0.1) is 0 Å². The lowest BCUT2D eigenvalue weighted by atomic mass is 9.85. The van der Waals surface area contributed by atoms with Gasteiger partial charge in [-0.1, -0.05) is 65.7 Å². The second kappa shape index (κ2) is 12.6. The normalized spacial score (nSPS) is 13.7. The van der Waals surface area contributed by atoms with Crippen LogP contribution in [0.15, 0.2) is 0 Å². The minimum absolute atomic E-state index is 0.0916. The monoisotopic (exact) mass is 286 g/mol. The smallest absolute Gasteiger partial charge is 0.0842 e. The zero-order chi connectivity index (χ0) is 15.3. The van der Waals surface area contributed by atoms with Gasteiger partial charge in [-0.2, -0.15) is 0 Å². The van der Waals surface area contributed by atoms with Crippen LogP contribution >= 0.6 is 0 Å². The lowest BCUT2D eigenvalue weighted by Gasteiger charge is -2.39. The summed E-state index contributed by atoms with van der Waals surface area (Å²) in [5.41, 5.74) is 2.92. The Kier molecular flexibility index (Phi) is 12.5. The molecule has 0 aliphatic carbocycles. The van der Waals surface area contributed by atoms with E-state index in [1.165, 1.54) is 44.9 Å². The average molecular weight is 287 g/mol. The Labute approximate surface area is 127 Å². The van der Waals surface area contributed by atoms with Crippen LogP contribution in [-0.2, 0) is 4.74 Å². The first-order valence-electron chi connectivity index (χ1n) is 8.80. The van der Waals surface area contributed by atoms with Crippen molar-refractivity contribution < 1.29 is 4.74 Å². The molecule has 3 heteroatoms. The van der Waals surface area contributed by atoms with Crippen molar-refractivity contribution in [3.8, 4) is 0 Å². The van der Waals surface area contributed by atoms with E-state index in [1.807, 2.05) is 0 Å². The standard InChI is InChI=1S/C17H38N2O/c1-5-9-10-11-12-13-14-15-16(19-18)17(6-2,7-3)20-8-4/h16,19H,5-15,18H2,1-4H3. The Morgan fingerprint density at radius 3 is 1.90 bits per heavy atom. The van der Waals surface area contributed by atoms with Crippen LogP contribution in [0.5, 0.6) is 0 Å². The predicted molar refractivity (Wildman–Crippen MR) is 88.7 cm³/mol. The van der Waals surface area contributed by atoms with Gasteiger partial charge in [0, 0.05) is 6.61 Å². The zero-order valence-corrected chi connectivity index (χ0v) is 14.3. The molecule has 0 spiro atoms. The minimum Gasteiger partial charge on any atom is -0.374 e. The highest BCUT2D eigenvalue weighted by Gasteiger charge is 2.35. The van der Waals surface area contributed by atoms with Crippen molar-refractivity contribution in [2.75, 3.05) is 6.61 Å². The van der Waals surface area contributed by atoms with Crippen LogP contribution in [0.1, 0.15) is 91.9 Å². The fourth-order valence-corrected chi connectivity index (χ4v) is 3.14. The highest BCUT2D eigenvalue weighted by atomic mass is 16.5. The Bertz CT molecular complexity index is 205. The van der Waals surface area contributed by atoms with E-state index in [2.05, 4.69) is 33.1 Å².